The lowest BCUT2D eigenvalue weighted by molar-refractivity contribution is -0.101. The second-order valence-electron chi connectivity index (χ2n) is 2.64. The Hall–Kier alpha value is -0.640. The van der Waals surface area contributed by atoms with Crippen LogP contribution in [0.25, 0.3) is 0 Å². The fourth-order valence-electron chi connectivity index (χ4n) is 1.01. The number of ether oxygens (including phenoxy) is 1. The second kappa shape index (κ2) is 4.56. The standard InChI is InChI=1S/C9H12ClNO2/c1-3-13-9(12)8-6(2)4-5-7(10)11-8/h4-5,9,12H,3H2,1-2H3. The van der Waals surface area contributed by atoms with Crippen molar-refractivity contribution >= 4 is 11.6 Å². The van der Waals surface area contributed by atoms with Gasteiger partial charge in [0.15, 0.2) is 6.29 Å². The minimum Gasteiger partial charge on any atom is -0.363 e. The molecule has 1 heterocycles. The molecule has 0 aliphatic carbocycles. The first-order valence-corrected chi connectivity index (χ1v) is 4.45. The highest BCUT2D eigenvalue weighted by Gasteiger charge is 2.11. The van der Waals surface area contributed by atoms with Crippen molar-refractivity contribution in [1.82, 2.24) is 4.98 Å². The first-order chi connectivity index (χ1) is 6.15. The van der Waals surface area contributed by atoms with Crippen LogP contribution in [0.15, 0.2) is 12.1 Å². The highest BCUT2D eigenvalue weighted by Crippen LogP contribution is 2.18. The highest BCUT2D eigenvalue weighted by atomic mass is 35.5. The predicted octanol–water partition coefficient (Wildman–Crippen LogP) is 2.07. The Morgan fingerprint density at radius 1 is 1.62 bits per heavy atom. The average Bonchev–Trinajstić information content (AvgIpc) is 2.09. The third-order valence-corrected chi connectivity index (χ3v) is 1.87. The molecule has 0 aliphatic rings. The number of aromatic nitrogens is 1. The van der Waals surface area contributed by atoms with Crippen LogP contribution in [0.3, 0.4) is 0 Å². The van der Waals surface area contributed by atoms with Crippen molar-refractivity contribution in [2.45, 2.75) is 20.1 Å². The third-order valence-electron chi connectivity index (χ3n) is 1.66. The molecule has 1 rings (SSSR count). The van der Waals surface area contributed by atoms with Crippen LogP contribution in [0.1, 0.15) is 24.5 Å². The summed E-state index contributed by atoms with van der Waals surface area (Å²) >= 11 is 5.68. The summed E-state index contributed by atoms with van der Waals surface area (Å²) in [5.74, 6) is 0. The van der Waals surface area contributed by atoms with Crippen LogP contribution in [0.5, 0.6) is 0 Å². The predicted molar refractivity (Wildman–Crippen MR) is 50.6 cm³/mol. The molecule has 1 atom stereocenters. The number of rotatable bonds is 3. The fourth-order valence-corrected chi connectivity index (χ4v) is 1.16. The van der Waals surface area contributed by atoms with Crippen molar-refractivity contribution in [1.29, 1.82) is 0 Å². The zero-order chi connectivity index (χ0) is 9.84. The van der Waals surface area contributed by atoms with Crippen molar-refractivity contribution in [3.8, 4) is 0 Å². The molecule has 0 saturated carbocycles. The maximum absolute atomic E-state index is 9.48. The van der Waals surface area contributed by atoms with Gasteiger partial charge in [-0.15, -0.1) is 0 Å². The molecule has 0 saturated heterocycles. The van der Waals surface area contributed by atoms with Crippen LogP contribution in [-0.4, -0.2) is 16.7 Å². The quantitative estimate of drug-likeness (QED) is 0.602. The summed E-state index contributed by atoms with van der Waals surface area (Å²) < 4.78 is 5.00. The van der Waals surface area contributed by atoms with Gasteiger partial charge in [0.05, 0.1) is 0 Å². The fraction of sp³-hybridized carbons (Fsp3) is 0.444. The van der Waals surface area contributed by atoms with Crippen LogP contribution in [0, 0.1) is 6.92 Å². The monoisotopic (exact) mass is 201 g/mol. The van der Waals surface area contributed by atoms with Crippen molar-refractivity contribution < 1.29 is 9.84 Å². The van der Waals surface area contributed by atoms with E-state index in [-0.39, 0.29) is 0 Å². The number of aryl methyl sites for hydroxylation is 1. The molecule has 1 aromatic rings. The van der Waals surface area contributed by atoms with E-state index in [1.807, 2.05) is 13.8 Å². The lowest BCUT2D eigenvalue weighted by atomic mass is 10.2. The van der Waals surface area contributed by atoms with Crippen LogP contribution < -0.4 is 0 Å². The Morgan fingerprint density at radius 2 is 2.31 bits per heavy atom. The van der Waals surface area contributed by atoms with Crippen molar-refractivity contribution in [3.05, 3.63) is 28.5 Å². The van der Waals surface area contributed by atoms with E-state index in [1.54, 1.807) is 12.1 Å². The highest BCUT2D eigenvalue weighted by molar-refractivity contribution is 6.29. The van der Waals surface area contributed by atoms with E-state index in [2.05, 4.69) is 4.98 Å². The summed E-state index contributed by atoms with van der Waals surface area (Å²) in [4.78, 5) is 3.98. The van der Waals surface area contributed by atoms with Crippen molar-refractivity contribution in [3.63, 3.8) is 0 Å². The van der Waals surface area contributed by atoms with Gasteiger partial charge in [0.2, 0.25) is 0 Å². The molecule has 1 unspecified atom stereocenters. The van der Waals surface area contributed by atoms with Crippen LogP contribution in [-0.2, 0) is 4.74 Å². The zero-order valence-corrected chi connectivity index (χ0v) is 8.38. The van der Waals surface area contributed by atoms with Gasteiger partial charge in [-0.3, -0.25) is 0 Å². The molecule has 0 bridgehead atoms. The van der Waals surface area contributed by atoms with Gasteiger partial charge in [-0.1, -0.05) is 17.7 Å². The summed E-state index contributed by atoms with van der Waals surface area (Å²) in [6.45, 7) is 4.10. The molecule has 13 heavy (non-hydrogen) atoms. The molecule has 0 fully saturated rings. The maximum atomic E-state index is 9.48. The summed E-state index contributed by atoms with van der Waals surface area (Å²) in [7, 11) is 0. The number of aliphatic hydroxyl groups excluding tert-OH is 1. The molecular weight excluding hydrogens is 190 g/mol. The molecule has 0 spiro atoms. The molecular formula is C9H12ClNO2. The Labute approximate surface area is 82.3 Å². The molecule has 0 aromatic carbocycles. The Morgan fingerprint density at radius 3 is 2.92 bits per heavy atom. The van der Waals surface area contributed by atoms with E-state index in [0.29, 0.717) is 17.5 Å². The van der Waals surface area contributed by atoms with Crippen LogP contribution >= 0.6 is 11.6 Å². The molecule has 1 aromatic heterocycles. The number of aliphatic hydroxyl groups is 1. The van der Waals surface area contributed by atoms with Gasteiger partial charge in [-0.05, 0) is 25.5 Å². The summed E-state index contributed by atoms with van der Waals surface area (Å²) in [6, 6.07) is 3.48. The summed E-state index contributed by atoms with van der Waals surface area (Å²) in [5, 5.41) is 9.84. The molecule has 3 nitrogen and oxygen atoms in total. The van der Waals surface area contributed by atoms with E-state index >= 15 is 0 Å². The van der Waals surface area contributed by atoms with E-state index < -0.39 is 6.29 Å². The van der Waals surface area contributed by atoms with Gasteiger partial charge in [-0.2, -0.15) is 0 Å². The number of hydrogen-bond donors (Lipinski definition) is 1. The number of hydrogen-bond acceptors (Lipinski definition) is 3. The van der Waals surface area contributed by atoms with E-state index in [9.17, 15) is 5.11 Å². The van der Waals surface area contributed by atoms with Crippen LogP contribution in [0.4, 0.5) is 0 Å². The SMILES string of the molecule is CCOC(O)c1nc(Cl)ccc1C. The Kier molecular flexibility index (Phi) is 3.66. The largest absolute Gasteiger partial charge is 0.363 e. The third kappa shape index (κ3) is 2.66. The van der Waals surface area contributed by atoms with Crippen LogP contribution in [0.2, 0.25) is 5.15 Å². The summed E-state index contributed by atoms with van der Waals surface area (Å²) in [6.07, 6.45) is -0.983. The smallest absolute Gasteiger partial charge is 0.198 e. The molecule has 72 valence electrons. The number of pyridine rings is 1. The Bertz CT molecular complexity index is 291. The van der Waals surface area contributed by atoms with E-state index in [4.69, 9.17) is 16.3 Å². The average molecular weight is 202 g/mol. The lowest BCUT2D eigenvalue weighted by Crippen LogP contribution is -2.07. The topological polar surface area (TPSA) is 42.4 Å². The van der Waals surface area contributed by atoms with Gasteiger partial charge in [0, 0.05) is 6.61 Å². The lowest BCUT2D eigenvalue weighted by Gasteiger charge is -2.12. The van der Waals surface area contributed by atoms with Gasteiger partial charge < -0.3 is 9.84 Å². The summed E-state index contributed by atoms with van der Waals surface area (Å²) in [5.41, 5.74) is 1.35. The maximum Gasteiger partial charge on any atom is 0.198 e. The number of halogens is 1. The molecule has 0 aliphatic heterocycles. The molecule has 0 radical (unpaired) electrons. The van der Waals surface area contributed by atoms with Crippen molar-refractivity contribution in [2.75, 3.05) is 6.61 Å². The normalized spacial score (nSPS) is 12.9. The number of nitrogens with zero attached hydrogens (tertiary/aromatic N) is 1. The first kappa shape index (κ1) is 10.4. The van der Waals surface area contributed by atoms with E-state index in [1.165, 1.54) is 0 Å². The van der Waals surface area contributed by atoms with Gasteiger partial charge in [-0.25, -0.2) is 4.98 Å². The first-order valence-electron chi connectivity index (χ1n) is 4.08. The Balaban J connectivity index is 2.91. The minimum atomic E-state index is -0.983. The van der Waals surface area contributed by atoms with Crippen molar-refractivity contribution in [2.24, 2.45) is 0 Å². The second-order valence-corrected chi connectivity index (χ2v) is 3.03. The van der Waals surface area contributed by atoms with E-state index in [0.717, 1.165) is 5.56 Å². The molecule has 0 amide bonds. The van der Waals surface area contributed by atoms with Gasteiger partial charge in [0.25, 0.3) is 0 Å². The minimum absolute atomic E-state index is 0.361. The zero-order valence-electron chi connectivity index (χ0n) is 7.62. The molecule has 1 N–H and O–H groups in total. The van der Waals surface area contributed by atoms with Gasteiger partial charge >= 0.3 is 0 Å². The van der Waals surface area contributed by atoms with Gasteiger partial charge in [0.1, 0.15) is 10.8 Å². The molecule has 4 heteroatoms.